The Labute approximate surface area is 133 Å². The summed E-state index contributed by atoms with van der Waals surface area (Å²) in [6.07, 6.45) is 7.26. The number of fused-ring (bicyclic) bond motifs is 4. The molecule has 2 bridgehead atoms. The molecular formula is C15H19ClN4O2. The lowest BCUT2D eigenvalue weighted by atomic mass is 9.54. The van der Waals surface area contributed by atoms with Crippen LogP contribution in [0.5, 0.6) is 0 Å². The number of halogens is 1. The van der Waals surface area contributed by atoms with Gasteiger partial charge in [0.25, 0.3) is 0 Å². The first kappa shape index (κ1) is 14.4. The number of aliphatic hydroxyl groups excluding tert-OH is 2. The van der Waals surface area contributed by atoms with Crippen LogP contribution in [0.3, 0.4) is 0 Å². The van der Waals surface area contributed by atoms with Crippen molar-refractivity contribution in [3.63, 3.8) is 0 Å². The van der Waals surface area contributed by atoms with E-state index in [1.165, 1.54) is 6.33 Å². The van der Waals surface area contributed by atoms with Crippen molar-refractivity contribution in [3.8, 4) is 0 Å². The topological polar surface area (TPSA) is 84.1 Å². The van der Waals surface area contributed by atoms with Crippen molar-refractivity contribution < 1.29 is 10.2 Å². The van der Waals surface area contributed by atoms with E-state index < -0.39 is 0 Å². The molecular weight excluding hydrogens is 304 g/mol. The van der Waals surface area contributed by atoms with Gasteiger partial charge >= 0.3 is 0 Å². The Hall–Kier alpha value is -1.24. The first-order valence-electron chi connectivity index (χ1n) is 7.73. The highest BCUT2D eigenvalue weighted by Crippen LogP contribution is 2.56. The Balaban J connectivity index is 1.72. The van der Waals surface area contributed by atoms with Crippen molar-refractivity contribution in [2.24, 2.45) is 17.3 Å². The van der Waals surface area contributed by atoms with Crippen LogP contribution in [-0.4, -0.2) is 42.9 Å². The van der Waals surface area contributed by atoms with Crippen LogP contribution in [-0.2, 0) is 0 Å². The number of aromatic nitrogens is 4. The van der Waals surface area contributed by atoms with Crippen molar-refractivity contribution in [2.45, 2.75) is 31.7 Å². The molecule has 3 aliphatic carbocycles. The highest BCUT2D eigenvalue weighted by Gasteiger charge is 2.51. The van der Waals surface area contributed by atoms with Crippen LogP contribution < -0.4 is 0 Å². The lowest BCUT2D eigenvalue weighted by molar-refractivity contribution is -0.0932. The third kappa shape index (κ3) is 1.90. The van der Waals surface area contributed by atoms with Crippen molar-refractivity contribution in [1.29, 1.82) is 0 Å². The van der Waals surface area contributed by atoms with E-state index in [1.54, 1.807) is 6.33 Å². The van der Waals surface area contributed by atoms with E-state index in [-0.39, 0.29) is 18.6 Å². The second-order valence-electron chi connectivity index (χ2n) is 6.71. The predicted molar refractivity (Wildman–Crippen MR) is 81.4 cm³/mol. The number of hydrogen-bond acceptors (Lipinski definition) is 5. The monoisotopic (exact) mass is 322 g/mol. The number of imidazole rings is 1. The van der Waals surface area contributed by atoms with Crippen molar-refractivity contribution >= 4 is 22.8 Å². The van der Waals surface area contributed by atoms with Gasteiger partial charge in [-0.3, -0.25) is 0 Å². The zero-order valence-corrected chi connectivity index (χ0v) is 12.9. The molecule has 0 aliphatic heterocycles. The van der Waals surface area contributed by atoms with Gasteiger partial charge in [0.1, 0.15) is 11.8 Å². The van der Waals surface area contributed by atoms with Gasteiger partial charge in [-0.05, 0) is 37.5 Å². The lowest BCUT2D eigenvalue weighted by Gasteiger charge is -2.53. The van der Waals surface area contributed by atoms with Gasteiger partial charge in [0.2, 0.25) is 0 Å². The van der Waals surface area contributed by atoms with Crippen LogP contribution >= 0.6 is 11.6 Å². The van der Waals surface area contributed by atoms with Gasteiger partial charge in [0, 0.05) is 11.5 Å². The number of rotatable bonds is 3. The molecule has 5 rings (SSSR count). The first-order chi connectivity index (χ1) is 10.7. The summed E-state index contributed by atoms with van der Waals surface area (Å²) >= 11 is 6.09. The van der Waals surface area contributed by atoms with Gasteiger partial charge in [-0.25, -0.2) is 15.0 Å². The molecule has 3 fully saturated rings. The predicted octanol–water partition coefficient (Wildman–Crippen LogP) is 1.81. The maximum Gasteiger partial charge on any atom is 0.165 e. The summed E-state index contributed by atoms with van der Waals surface area (Å²) < 4.78 is 2.11. The molecule has 0 amide bonds. The molecule has 0 unspecified atom stereocenters. The van der Waals surface area contributed by atoms with Gasteiger partial charge in [-0.2, -0.15) is 0 Å². The molecule has 0 radical (unpaired) electrons. The maximum atomic E-state index is 9.77. The normalized spacial score (nSPS) is 30.0. The van der Waals surface area contributed by atoms with Gasteiger partial charge in [-0.15, -0.1) is 0 Å². The number of aliphatic hydroxyl groups is 2. The van der Waals surface area contributed by atoms with Crippen LogP contribution in [0.4, 0.5) is 0 Å². The minimum atomic E-state index is -0.317. The molecule has 3 saturated carbocycles. The molecule has 2 N–H and O–H groups in total. The maximum absolute atomic E-state index is 9.77. The van der Waals surface area contributed by atoms with Gasteiger partial charge < -0.3 is 14.8 Å². The highest BCUT2D eigenvalue weighted by molar-refractivity contribution is 6.33. The van der Waals surface area contributed by atoms with Gasteiger partial charge in [0.05, 0.1) is 19.5 Å². The van der Waals surface area contributed by atoms with E-state index >= 15 is 0 Å². The van der Waals surface area contributed by atoms with Crippen molar-refractivity contribution in [3.05, 3.63) is 17.8 Å². The van der Waals surface area contributed by atoms with E-state index in [1.807, 2.05) is 0 Å². The largest absolute Gasteiger partial charge is 0.396 e. The second kappa shape index (κ2) is 5.15. The number of hydrogen-bond donors (Lipinski definition) is 2. The lowest BCUT2D eigenvalue weighted by Crippen LogP contribution is -2.50. The summed E-state index contributed by atoms with van der Waals surface area (Å²) in [6, 6.07) is 0.306. The van der Waals surface area contributed by atoms with Crippen LogP contribution in [0, 0.1) is 17.3 Å². The average Bonchev–Trinajstić information content (AvgIpc) is 3.00. The summed E-state index contributed by atoms with van der Waals surface area (Å²) in [7, 11) is 0. The van der Waals surface area contributed by atoms with Crippen LogP contribution in [0.15, 0.2) is 12.7 Å². The zero-order chi connectivity index (χ0) is 15.3. The summed E-state index contributed by atoms with van der Waals surface area (Å²) in [6.45, 7) is 0.131. The first-order valence-corrected chi connectivity index (χ1v) is 8.11. The van der Waals surface area contributed by atoms with E-state index in [9.17, 15) is 10.2 Å². The molecule has 0 saturated heterocycles. The van der Waals surface area contributed by atoms with Crippen LogP contribution in [0.2, 0.25) is 5.15 Å². The van der Waals surface area contributed by atoms with Crippen molar-refractivity contribution in [1.82, 2.24) is 19.5 Å². The van der Waals surface area contributed by atoms with Gasteiger partial charge in [-0.1, -0.05) is 11.6 Å². The average molecular weight is 323 g/mol. The summed E-state index contributed by atoms with van der Waals surface area (Å²) in [5.41, 5.74) is 1.10. The van der Waals surface area contributed by atoms with E-state index in [0.717, 1.165) is 31.3 Å². The summed E-state index contributed by atoms with van der Waals surface area (Å²) in [5.74, 6) is 0.766. The Morgan fingerprint density at radius 2 is 2.05 bits per heavy atom. The van der Waals surface area contributed by atoms with Crippen molar-refractivity contribution in [2.75, 3.05) is 13.2 Å². The molecule has 2 aromatic rings. The smallest absolute Gasteiger partial charge is 0.165 e. The fourth-order valence-corrected chi connectivity index (χ4v) is 4.71. The third-order valence-corrected chi connectivity index (χ3v) is 6.07. The third-order valence-electron chi connectivity index (χ3n) is 5.79. The zero-order valence-electron chi connectivity index (χ0n) is 12.2. The molecule has 118 valence electrons. The van der Waals surface area contributed by atoms with Gasteiger partial charge in [0.15, 0.2) is 10.8 Å². The standard InChI is InChI=1S/C15H19ClN4O2/c16-13-12-14(18-7-17-13)20(8-19-12)11-3-10-2-1-9(11)4-15(10,5-21)6-22/h7-11,21-22H,1-6H2/t9-,10-,11+/m1/s1. The quantitative estimate of drug-likeness (QED) is 0.842. The SMILES string of the molecule is OCC1(CO)C[C@H]2CC[C@@H]1C[C@@H]2n1cnc2c(Cl)ncnc21. The summed E-state index contributed by atoms with van der Waals surface area (Å²) in [4.78, 5) is 12.7. The molecule has 2 aromatic heterocycles. The minimum Gasteiger partial charge on any atom is -0.396 e. The Morgan fingerprint density at radius 1 is 1.23 bits per heavy atom. The molecule has 7 heteroatoms. The Bertz CT molecular complexity index is 700. The Morgan fingerprint density at radius 3 is 2.73 bits per heavy atom. The molecule has 22 heavy (non-hydrogen) atoms. The molecule has 3 atom stereocenters. The molecule has 3 aliphatic rings. The fraction of sp³-hybridized carbons (Fsp3) is 0.667. The van der Waals surface area contributed by atoms with E-state index in [0.29, 0.717) is 28.5 Å². The van der Waals surface area contributed by atoms with Crippen LogP contribution in [0.1, 0.15) is 31.7 Å². The Kier molecular flexibility index (Phi) is 3.36. The highest BCUT2D eigenvalue weighted by atomic mass is 35.5. The molecule has 2 heterocycles. The second-order valence-corrected chi connectivity index (χ2v) is 7.07. The number of nitrogens with zero attached hydrogens (tertiary/aromatic N) is 4. The fourth-order valence-electron chi connectivity index (χ4n) is 4.54. The van der Waals surface area contributed by atoms with E-state index in [4.69, 9.17) is 11.6 Å². The molecule has 0 spiro atoms. The summed E-state index contributed by atoms with van der Waals surface area (Å²) in [5, 5.41) is 19.9. The van der Waals surface area contributed by atoms with Crippen LogP contribution in [0.25, 0.3) is 11.2 Å². The molecule has 0 aromatic carbocycles. The van der Waals surface area contributed by atoms with E-state index in [2.05, 4.69) is 19.5 Å². The minimum absolute atomic E-state index is 0.0655. The molecule has 6 nitrogen and oxygen atoms in total.